The molecule has 0 saturated heterocycles. The first-order chi connectivity index (χ1) is 9.55. The lowest BCUT2D eigenvalue weighted by Crippen LogP contribution is -2.33. The van der Waals surface area contributed by atoms with Crippen molar-refractivity contribution in [3.05, 3.63) is 29.3 Å². The van der Waals surface area contributed by atoms with Crippen molar-refractivity contribution < 1.29 is 23.0 Å². The molecule has 0 amide bonds. The molecule has 0 radical (unpaired) electrons. The third-order valence-electron chi connectivity index (χ3n) is 3.60. The number of methoxy groups -OCH3 is 1. The lowest BCUT2D eigenvalue weighted by Gasteiger charge is -2.34. The predicted octanol–water partition coefficient (Wildman–Crippen LogP) is 3.36. The topological polar surface area (TPSA) is 35.5 Å². The summed E-state index contributed by atoms with van der Waals surface area (Å²) in [7, 11) is 1.32. The predicted molar refractivity (Wildman–Crippen MR) is 70.0 cm³/mol. The third kappa shape index (κ3) is 3.15. The number of ketones is 1. The molecule has 0 bridgehead atoms. The van der Waals surface area contributed by atoms with Gasteiger partial charge in [0.25, 0.3) is 0 Å². The normalized spacial score (nSPS) is 21.4. The molecule has 110 valence electrons. The van der Waals surface area contributed by atoms with Gasteiger partial charge in [0.1, 0.15) is 17.4 Å². The summed E-state index contributed by atoms with van der Waals surface area (Å²) in [5.74, 6) is -2.01. The van der Waals surface area contributed by atoms with E-state index in [1.165, 1.54) is 7.11 Å². The summed E-state index contributed by atoms with van der Waals surface area (Å²) >= 11 is 0. The van der Waals surface area contributed by atoms with Gasteiger partial charge in [0.15, 0.2) is 5.78 Å². The van der Waals surface area contributed by atoms with Crippen molar-refractivity contribution in [2.24, 2.45) is 5.92 Å². The highest BCUT2D eigenvalue weighted by Gasteiger charge is 2.32. The van der Waals surface area contributed by atoms with Gasteiger partial charge in [-0.2, -0.15) is 0 Å². The first-order valence-corrected chi connectivity index (χ1v) is 6.73. The van der Waals surface area contributed by atoms with E-state index in [9.17, 15) is 13.6 Å². The Hall–Kier alpha value is -1.49. The quantitative estimate of drug-likeness (QED) is 0.751. The molecular weight excluding hydrogens is 266 g/mol. The van der Waals surface area contributed by atoms with Gasteiger partial charge < -0.3 is 9.47 Å². The van der Waals surface area contributed by atoms with Gasteiger partial charge in [0.05, 0.1) is 18.8 Å². The van der Waals surface area contributed by atoms with E-state index >= 15 is 0 Å². The van der Waals surface area contributed by atoms with Crippen LogP contribution < -0.4 is 4.74 Å². The van der Waals surface area contributed by atoms with Crippen LogP contribution in [0.15, 0.2) is 12.1 Å². The Morgan fingerprint density at radius 2 is 1.90 bits per heavy atom. The third-order valence-corrected chi connectivity index (χ3v) is 3.60. The molecule has 0 heterocycles. The highest BCUT2D eigenvalue weighted by molar-refractivity contribution is 5.97. The van der Waals surface area contributed by atoms with Gasteiger partial charge in [-0.25, -0.2) is 8.78 Å². The van der Waals surface area contributed by atoms with Crippen molar-refractivity contribution in [3.63, 3.8) is 0 Å². The number of hydrogen-bond donors (Lipinski definition) is 0. The number of ether oxygens (including phenoxy) is 2. The molecule has 0 N–H and O–H groups in total. The Morgan fingerprint density at radius 3 is 2.40 bits per heavy atom. The van der Waals surface area contributed by atoms with Crippen molar-refractivity contribution >= 4 is 5.78 Å². The van der Waals surface area contributed by atoms with E-state index in [4.69, 9.17) is 9.47 Å². The first kappa shape index (κ1) is 14.9. The van der Waals surface area contributed by atoms with Crippen LogP contribution in [0.1, 0.15) is 36.5 Å². The fourth-order valence-electron chi connectivity index (χ4n) is 2.51. The molecule has 1 saturated carbocycles. The standard InChI is InChI=1S/C15H18F2O3/c1-3-20-11-4-9(5-11)6-14(18)15-12(16)7-10(19-2)8-13(15)17/h7-9,11H,3-6H2,1-2H3. The van der Waals surface area contributed by atoms with Crippen LogP contribution in [0.3, 0.4) is 0 Å². The number of carbonyl (C=O) groups is 1. The molecule has 2 rings (SSSR count). The van der Waals surface area contributed by atoms with E-state index in [0.717, 1.165) is 25.0 Å². The zero-order valence-electron chi connectivity index (χ0n) is 11.6. The molecule has 0 atom stereocenters. The fraction of sp³-hybridized carbons (Fsp3) is 0.533. The molecule has 1 aromatic rings. The second-order valence-electron chi connectivity index (χ2n) is 5.01. The highest BCUT2D eigenvalue weighted by atomic mass is 19.1. The SMILES string of the molecule is CCOC1CC(CC(=O)c2c(F)cc(OC)cc2F)C1. The zero-order chi connectivity index (χ0) is 14.7. The van der Waals surface area contributed by atoms with Gasteiger partial charge >= 0.3 is 0 Å². The lowest BCUT2D eigenvalue weighted by atomic mass is 9.78. The summed E-state index contributed by atoms with van der Waals surface area (Å²) in [6.07, 6.45) is 1.89. The molecular formula is C15H18F2O3. The van der Waals surface area contributed by atoms with Crippen LogP contribution in [0, 0.1) is 17.6 Å². The molecule has 0 aromatic heterocycles. The average Bonchev–Trinajstić information content (AvgIpc) is 2.35. The van der Waals surface area contributed by atoms with Crippen LogP contribution in [0.25, 0.3) is 0 Å². The minimum Gasteiger partial charge on any atom is -0.497 e. The Bertz CT molecular complexity index is 473. The first-order valence-electron chi connectivity index (χ1n) is 6.73. The van der Waals surface area contributed by atoms with Crippen LogP contribution in [-0.4, -0.2) is 25.6 Å². The summed E-state index contributed by atoms with van der Waals surface area (Å²) in [6, 6.07) is 2.06. The Morgan fingerprint density at radius 1 is 1.30 bits per heavy atom. The maximum atomic E-state index is 13.8. The monoisotopic (exact) mass is 284 g/mol. The van der Waals surface area contributed by atoms with Gasteiger partial charge in [0.2, 0.25) is 0 Å². The summed E-state index contributed by atoms with van der Waals surface area (Å²) in [4.78, 5) is 12.0. The molecule has 1 fully saturated rings. The molecule has 1 aliphatic rings. The number of Topliss-reactive ketones (excluding diaryl/α,β-unsaturated/α-hetero) is 1. The van der Waals surface area contributed by atoms with Gasteiger partial charge in [-0.1, -0.05) is 0 Å². The number of carbonyl (C=O) groups excluding carboxylic acids is 1. The number of benzene rings is 1. The molecule has 0 unspecified atom stereocenters. The zero-order valence-corrected chi connectivity index (χ0v) is 11.6. The van der Waals surface area contributed by atoms with Crippen LogP contribution >= 0.6 is 0 Å². The Balaban J connectivity index is 2.00. The summed E-state index contributed by atoms with van der Waals surface area (Å²) in [5, 5.41) is 0. The number of halogens is 2. The average molecular weight is 284 g/mol. The fourth-order valence-corrected chi connectivity index (χ4v) is 2.51. The van der Waals surface area contributed by atoms with E-state index in [1.54, 1.807) is 0 Å². The molecule has 0 aliphatic heterocycles. The summed E-state index contributed by atoms with van der Waals surface area (Å²) in [5.41, 5.74) is -0.467. The summed E-state index contributed by atoms with van der Waals surface area (Å²) in [6.45, 7) is 2.56. The van der Waals surface area contributed by atoms with Gasteiger partial charge in [0, 0.05) is 25.2 Å². The van der Waals surface area contributed by atoms with Crippen LogP contribution in [0.5, 0.6) is 5.75 Å². The van der Waals surface area contributed by atoms with E-state index in [1.807, 2.05) is 6.92 Å². The Labute approximate surface area is 116 Å². The highest BCUT2D eigenvalue weighted by Crippen LogP contribution is 2.34. The van der Waals surface area contributed by atoms with Gasteiger partial charge in [-0.15, -0.1) is 0 Å². The van der Waals surface area contributed by atoms with Crippen molar-refractivity contribution in [1.29, 1.82) is 0 Å². The minimum atomic E-state index is -0.868. The second-order valence-corrected chi connectivity index (χ2v) is 5.01. The molecule has 5 heteroatoms. The van der Waals surface area contributed by atoms with E-state index in [0.29, 0.717) is 6.61 Å². The van der Waals surface area contributed by atoms with E-state index in [-0.39, 0.29) is 24.2 Å². The second kappa shape index (κ2) is 6.31. The van der Waals surface area contributed by atoms with Crippen LogP contribution in [0.4, 0.5) is 8.78 Å². The molecule has 20 heavy (non-hydrogen) atoms. The number of hydrogen-bond acceptors (Lipinski definition) is 3. The smallest absolute Gasteiger partial charge is 0.169 e. The lowest BCUT2D eigenvalue weighted by molar-refractivity contribution is -0.0246. The van der Waals surface area contributed by atoms with Gasteiger partial charge in [-0.3, -0.25) is 4.79 Å². The van der Waals surface area contributed by atoms with Crippen molar-refractivity contribution in [2.45, 2.75) is 32.3 Å². The van der Waals surface area contributed by atoms with E-state index < -0.39 is 23.0 Å². The molecule has 3 nitrogen and oxygen atoms in total. The maximum Gasteiger partial charge on any atom is 0.169 e. The largest absolute Gasteiger partial charge is 0.497 e. The minimum absolute atomic E-state index is 0.0663. The maximum absolute atomic E-state index is 13.8. The van der Waals surface area contributed by atoms with Crippen molar-refractivity contribution in [3.8, 4) is 5.75 Å². The van der Waals surface area contributed by atoms with Crippen molar-refractivity contribution in [1.82, 2.24) is 0 Å². The van der Waals surface area contributed by atoms with Gasteiger partial charge in [-0.05, 0) is 25.7 Å². The van der Waals surface area contributed by atoms with Crippen LogP contribution in [-0.2, 0) is 4.74 Å². The van der Waals surface area contributed by atoms with Crippen LogP contribution in [0.2, 0.25) is 0 Å². The number of rotatable bonds is 6. The molecule has 1 aromatic carbocycles. The van der Waals surface area contributed by atoms with E-state index in [2.05, 4.69) is 0 Å². The molecule has 1 aliphatic carbocycles. The summed E-state index contributed by atoms with van der Waals surface area (Å²) < 4.78 is 37.7. The molecule has 0 spiro atoms. The van der Waals surface area contributed by atoms with Crippen molar-refractivity contribution in [2.75, 3.05) is 13.7 Å². The Kier molecular flexibility index (Phi) is 4.70.